The molecule has 0 amide bonds. The van der Waals surface area contributed by atoms with Crippen molar-refractivity contribution in [2.24, 2.45) is 0 Å². The summed E-state index contributed by atoms with van der Waals surface area (Å²) in [7, 11) is 0. The number of aliphatic carboxylic acids is 1. The fourth-order valence-electron chi connectivity index (χ4n) is 1.51. The van der Waals surface area contributed by atoms with Crippen molar-refractivity contribution in [3.05, 3.63) is 47.2 Å². The molecule has 0 unspecified atom stereocenters. The predicted molar refractivity (Wildman–Crippen MR) is 64.5 cm³/mol. The van der Waals surface area contributed by atoms with Crippen molar-refractivity contribution in [3.63, 3.8) is 0 Å². The highest BCUT2D eigenvalue weighted by Crippen LogP contribution is 2.19. The van der Waals surface area contributed by atoms with Gasteiger partial charge in [0, 0.05) is 12.6 Å². The van der Waals surface area contributed by atoms with E-state index in [1.54, 1.807) is 23.1 Å². The first kappa shape index (κ1) is 11.7. The molecule has 0 atom stereocenters. The highest BCUT2D eigenvalue weighted by atomic mass is 35.5. The van der Waals surface area contributed by atoms with Crippen molar-refractivity contribution < 1.29 is 9.90 Å². The molecule has 88 valence electrons. The highest BCUT2D eigenvalue weighted by molar-refractivity contribution is 6.32. The van der Waals surface area contributed by atoms with Gasteiger partial charge in [0.15, 0.2) is 0 Å². The summed E-state index contributed by atoms with van der Waals surface area (Å²) >= 11 is 6.04. The Balaban J connectivity index is 2.18. The Hall–Kier alpha value is -1.81. The van der Waals surface area contributed by atoms with Crippen LogP contribution in [0.5, 0.6) is 0 Å². The topological polar surface area (TPSA) is 55.1 Å². The van der Waals surface area contributed by atoms with E-state index in [-0.39, 0.29) is 6.42 Å². The molecule has 1 heterocycles. The van der Waals surface area contributed by atoms with E-state index in [1.165, 1.54) is 0 Å². The lowest BCUT2D eigenvalue weighted by Gasteiger charge is -2.02. The average molecular weight is 251 g/mol. The minimum absolute atomic E-state index is 0.105. The molecule has 2 rings (SSSR count). The van der Waals surface area contributed by atoms with E-state index < -0.39 is 5.97 Å². The molecule has 1 aromatic carbocycles. The molecule has 0 aliphatic carbocycles. The van der Waals surface area contributed by atoms with E-state index in [2.05, 4.69) is 5.10 Å². The first-order valence-electron chi connectivity index (χ1n) is 5.17. The first-order valence-corrected chi connectivity index (χ1v) is 5.55. The normalized spacial score (nSPS) is 10.4. The molecule has 5 heteroatoms. The van der Waals surface area contributed by atoms with Crippen LogP contribution in [-0.4, -0.2) is 20.9 Å². The number of aromatic nitrogens is 2. The SMILES string of the molecule is O=C(O)CCc1cnn(-c2ccccc2Cl)c1. The molecule has 0 aliphatic heterocycles. The Labute approximate surface area is 103 Å². The Morgan fingerprint density at radius 2 is 2.18 bits per heavy atom. The van der Waals surface area contributed by atoms with E-state index in [1.807, 2.05) is 18.2 Å². The summed E-state index contributed by atoms with van der Waals surface area (Å²) < 4.78 is 1.65. The zero-order valence-corrected chi connectivity index (χ0v) is 9.76. The number of nitrogens with zero attached hydrogens (tertiary/aromatic N) is 2. The zero-order valence-electron chi connectivity index (χ0n) is 9.01. The lowest BCUT2D eigenvalue weighted by molar-refractivity contribution is -0.136. The number of carboxylic acid groups (broad SMARTS) is 1. The fraction of sp³-hybridized carbons (Fsp3) is 0.167. The van der Waals surface area contributed by atoms with Crippen molar-refractivity contribution in [3.8, 4) is 5.69 Å². The van der Waals surface area contributed by atoms with E-state index in [0.717, 1.165) is 11.3 Å². The summed E-state index contributed by atoms with van der Waals surface area (Å²) in [5.74, 6) is -0.810. The molecule has 2 aromatic rings. The molecule has 1 N–H and O–H groups in total. The molecule has 0 fully saturated rings. The number of aryl methyl sites for hydroxylation is 1. The second-order valence-electron chi connectivity index (χ2n) is 3.64. The summed E-state index contributed by atoms with van der Waals surface area (Å²) in [6.07, 6.45) is 4.03. The maximum absolute atomic E-state index is 10.5. The maximum atomic E-state index is 10.5. The van der Waals surface area contributed by atoms with Gasteiger partial charge in [-0.25, -0.2) is 4.68 Å². The molecular weight excluding hydrogens is 240 g/mol. The van der Waals surface area contributed by atoms with Gasteiger partial charge < -0.3 is 5.11 Å². The number of hydrogen-bond acceptors (Lipinski definition) is 2. The molecule has 0 saturated carbocycles. The minimum atomic E-state index is -0.810. The van der Waals surface area contributed by atoms with Crippen molar-refractivity contribution in [2.45, 2.75) is 12.8 Å². The highest BCUT2D eigenvalue weighted by Gasteiger charge is 2.05. The third-order valence-electron chi connectivity index (χ3n) is 2.36. The fourth-order valence-corrected chi connectivity index (χ4v) is 1.73. The number of para-hydroxylation sites is 1. The Morgan fingerprint density at radius 3 is 2.88 bits per heavy atom. The Kier molecular flexibility index (Phi) is 3.44. The molecular formula is C12H11ClN2O2. The minimum Gasteiger partial charge on any atom is -0.481 e. The van der Waals surface area contributed by atoms with Crippen molar-refractivity contribution >= 4 is 17.6 Å². The Morgan fingerprint density at radius 1 is 1.41 bits per heavy atom. The van der Waals surface area contributed by atoms with E-state index in [4.69, 9.17) is 16.7 Å². The lowest BCUT2D eigenvalue weighted by atomic mass is 10.2. The van der Waals surface area contributed by atoms with Crippen LogP contribution in [0.25, 0.3) is 5.69 Å². The number of rotatable bonds is 4. The van der Waals surface area contributed by atoms with E-state index >= 15 is 0 Å². The van der Waals surface area contributed by atoms with Crippen LogP contribution >= 0.6 is 11.6 Å². The number of benzene rings is 1. The van der Waals surface area contributed by atoms with Gasteiger partial charge in [-0.15, -0.1) is 0 Å². The molecule has 1 aromatic heterocycles. The van der Waals surface area contributed by atoms with Crippen LogP contribution in [0.3, 0.4) is 0 Å². The van der Waals surface area contributed by atoms with Crippen LogP contribution in [0, 0.1) is 0 Å². The second kappa shape index (κ2) is 5.01. The molecule has 0 spiro atoms. The summed E-state index contributed by atoms with van der Waals surface area (Å²) in [6.45, 7) is 0. The largest absolute Gasteiger partial charge is 0.481 e. The number of carbonyl (C=O) groups is 1. The van der Waals surface area contributed by atoms with Crippen molar-refractivity contribution in [1.29, 1.82) is 0 Å². The molecule has 0 bridgehead atoms. The van der Waals surface area contributed by atoms with Gasteiger partial charge in [-0.05, 0) is 24.1 Å². The van der Waals surface area contributed by atoms with Gasteiger partial charge in [0.25, 0.3) is 0 Å². The van der Waals surface area contributed by atoms with Crippen LogP contribution in [0.1, 0.15) is 12.0 Å². The summed E-state index contributed by atoms with van der Waals surface area (Å²) in [6, 6.07) is 7.37. The number of hydrogen-bond donors (Lipinski definition) is 1. The molecule has 4 nitrogen and oxygen atoms in total. The lowest BCUT2D eigenvalue weighted by Crippen LogP contribution is -1.97. The van der Waals surface area contributed by atoms with Crippen LogP contribution in [-0.2, 0) is 11.2 Å². The first-order chi connectivity index (χ1) is 8.16. The smallest absolute Gasteiger partial charge is 0.303 e. The zero-order chi connectivity index (χ0) is 12.3. The standard InChI is InChI=1S/C12H11ClN2O2/c13-10-3-1-2-4-11(10)15-8-9(7-14-15)5-6-12(16)17/h1-4,7-8H,5-6H2,(H,16,17). The van der Waals surface area contributed by atoms with Crippen molar-refractivity contribution in [2.75, 3.05) is 0 Å². The molecule has 0 saturated heterocycles. The maximum Gasteiger partial charge on any atom is 0.303 e. The van der Waals surface area contributed by atoms with Gasteiger partial charge in [0.2, 0.25) is 0 Å². The van der Waals surface area contributed by atoms with Gasteiger partial charge >= 0.3 is 5.97 Å². The molecule has 0 radical (unpaired) electrons. The monoisotopic (exact) mass is 250 g/mol. The summed E-state index contributed by atoms with van der Waals surface area (Å²) in [5.41, 5.74) is 1.67. The van der Waals surface area contributed by atoms with Gasteiger partial charge in [0.1, 0.15) is 0 Å². The van der Waals surface area contributed by atoms with E-state index in [0.29, 0.717) is 11.4 Å². The number of halogens is 1. The molecule has 17 heavy (non-hydrogen) atoms. The quantitative estimate of drug-likeness (QED) is 0.907. The van der Waals surface area contributed by atoms with Gasteiger partial charge in [-0.1, -0.05) is 23.7 Å². The predicted octanol–water partition coefficient (Wildman–Crippen LogP) is 2.54. The number of carboxylic acids is 1. The van der Waals surface area contributed by atoms with Gasteiger partial charge in [-0.2, -0.15) is 5.10 Å². The molecule has 0 aliphatic rings. The Bertz CT molecular complexity index is 537. The second-order valence-corrected chi connectivity index (χ2v) is 4.05. The van der Waals surface area contributed by atoms with Crippen LogP contribution < -0.4 is 0 Å². The summed E-state index contributed by atoms with van der Waals surface area (Å²) in [4.78, 5) is 10.5. The van der Waals surface area contributed by atoms with Gasteiger partial charge in [0.05, 0.1) is 16.9 Å². The van der Waals surface area contributed by atoms with Crippen molar-refractivity contribution in [1.82, 2.24) is 9.78 Å². The third-order valence-corrected chi connectivity index (χ3v) is 2.68. The third kappa shape index (κ3) is 2.85. The van der Waals surface area contributed by atoms with Crippen LogP contribution in [0.2, 0.25) is 5.02 Å². The van der Waals surface area contributed by atoms with E-state index in [9.17, 15) is 4.79 Å². The van der Waals surface area contributed by atoms with Gasteiger partial charge in [-0.3, -0.25) is 4.79 Å². The van der Waals surface area contributed by atoms with Crippen LogP contribution in [0.15, 0.2) is 36.7 Å². The van der Waals surface area contributed by atoms with Crippen LogP contribution in [0.4, 0.5) is 0 Å². The average Bonchev–Trinajstić information content (AvgIpc) is 2.75. The summed E-state index contributed by atoms with van der Waals surface area (Å²) in [5, 5.41) is 13.4.